The molecule has 0 saturated carbocycles. The van der Waals surface area contributed by atoms with E-state index in [0.29, 0.717) is 12.5 Å². The SMILES string of the molecule is CC(C)CON=C(C#N)C#N. The Kier molecular flexibility index (Phi) is 4.51. The fourth-order valence-corrected chi connectivity index (χ4v) is 0.317. The van der Waals surface area contributed by atoms with E-state index < -0.39 is 0 Å². The van der Waals surface area contributed by atoms with Crippen molar-refractivity contribution in [2.75, 3.05) is 6.61 Å². The van der Waals surface area contributed by atoms with Crippen molar-refractivity contribution >= 4 is 5.71 Å². The van der Waals surface area contributed by atoms with Crippen LogP contribution < -0.4 is 0 Å². The lowest BCUT2D eigenvalue weighted by atomic mass is 10.2. The summed E-state index contributed by atoms with van der Waals surface area (Å²) in [6.45, 7) is 4.33. The molecule has 11 heavy (non-hydrogen) atoms. The molecule has 0 bridgehead atoms. The van der Waals surface area contributed by atoms with Crippen LogP contribution in [0.15, 0.2) is 5.16 Å². The Labute approximate surface area is 65.7 Å². The second-order valence-corrected chi connectivity index (χ2v) is 2.35. The molecule has 0 heterocycles. The van der Waals surface area contributed by atoms with Crippen LogP contribution in [-0.2, 0) is 4.84 Å². The van der Waals surface area contributed by atoms with Gasteiger partial charge in [-0.05, 0) is 5.92 Å². The minimum Gasteiger partial charge on any atom is -0.394 e. The Balaban J connectivity index is 3.76. The van der Waals surface area contributed by atoms with Crippen LogP contribution in [0, 0.1) is 28.6 Å². The summed E-state index contributed by atoms with van der Waals surface area (Å²) >= 11 is 0. The van der Waals surface area contributed by atoms with Crippen molar-refractivity contribution in [1.82, 2.24) is 0 Å². The molecule has 0 saturated heterocycles. The standard InChI is InChI=1S/C7H9N3O/c1-6(2)5-11-10-7(3-8)4-9/h6H,5H2,1-2H3. The van der Waals surface area contributed by atoms with Gasteiger partial charge < -0.3 is 4.84 Å². The molecule has 0 aliphatic rings. The number of rotatable bonds is 3. The molecule has 0 fully saturated rings. The van der Waals surface area contributed by atoms with Crippen molar-refractivity contribution in [1.29, 1.82) is 10.5 Å². The van der Waals surface area contributed by atoms with Gasteiger partial charge in [-0.2, -0.15) is 10.5 Å². The number of hydrogen-bond acceptors (Lipinski definition) is 4. The molecule has 0 N–H and O–H groups in total. The zero-order valence-corrected chi connectivity index (χ0v) is 6.53. The third kappa shape index (κ3) is 4.92. The zero-order chi connectivity index (χ0) is 8.69. The molecule has 0 aromatic rings. The predicted octanol–water partition coefficient (Wildman–Crippen LogP) is 1.06. The van der Waals surface area contributed by atoms with Crippen LogP contribution in [0.1, 0.15) is 13.8 Å². The topological polar surface area (TPSA) is 69.2 Å². The van der Waals surface area contributed by atoms with Crippen molar-refractivity contribution in [3.05, 3.63) is 0 Å². The van der Waals surface area contributed by atoms with E-state index in [0.717, 1.165) is 0 Å². The summed E-state index contributed by atoms with van der Waals surface area (Å²) in [4.78, 5) is 4.68. The molecule has 0 aromatic heterocycles. The van der Waals surface area contributed by atoms with E-state index in [1.807, 2.05) is 13.8 Å². The lowest BCUT2D eigenvalue weighted by Gasteiger charge is -1.99. The molecule has 0 rings (SSSR count). The first-order valence-corrected chi connectivity index (χ1v) is 3.21. The number of nitrogens with zero attached hydrogens (tertiary/aromatic N) is 3. The fraction of sp³-hybridized carbons (Fsp3) is 0.571. The van der Waals surface area contributed by atoms with E-state index in [2.05, 4.69) is 9.99 Å². The smallest absolute Gasteiger partial charge is 0.256 e. The molecule has 0 aliphatic heterocycles. The van der Waals surface area contributed by atoms with Crippen molar-refractivity contribution in [3.8, 4) is 12.1 Å². The highest BCUT2D eigenvalue weighted by Gasteiger charge is 1.95. The summed E-state index contributed by atoms with van der Waals surface area (Å²) in [7, 11) is 0. The van der Waals surface area contributed by atoms with Gasteiger partial charge in [0.1, 0.15) is 18.7 Å². The van der Waals surface area contributed by atoms with Crippen molar-refractivity contribution in [3.63, 3.8) is 0 Å². The van der Waals surface area contributed by atoms with E-state index in [1.54, 1.807) is 12.1 Å². The summed E-state index contributed by atoms with van der Waals surface area (Å²) in [5.41, 5.74) is -0.245. The largest absolute Gasteiger partial charge is 0.394 e. The monoisotopic (exact) mass is 151 g/mol. The summed E-state index contributed by atoms with van der Waals surface area (Å²) in [5.74, 6) is 0.345. The zero-order valence-electron chi connectivity index (χ0n) is 6.53. The number of hydrogen-bond donors (Lipinski definition) is 0. The lowest BCUT2D eigenvalue weighted by Crippen LogP contribution is -1.99. The first kappa shape index (κ1) is 9.45. The van der Waals surface area contributed by atoms with Gasteiger partial charge >= 0.3 is 0 Å². The fourth-order valence-electron chi connectivity index (χ4n) is 0.317. The van der Waals surface area contributed by atoms with Crippen molar-refractivity contribution in [2.45, 2.75) is 13.8 Å². The van der Waals surface area contributed by atoms with Gasteiger partial charge in [-0.15, -0.1) is 0 Å². The van der Waals surface area contributed by atoms with E-state index >= 15 is 0 Å². The Hall–Kier alpha value is -1.55. The van der Waals surface area contributed by atoms with Gasteiger partial charge in [0.2, 0.25) is 0 Å². The van der Waals surface area contributed by atoms with Crippen molar-refractivity contribution in [2.24, 2.45) is 11.1 Å². The van der Waals surface area contributed by atoms with E-state index in [1.165, 1.54) is 0 Å². The first-order valence-electron chi connectivity index (χ1n) is 3.21. The van der Waals surface area contributed by atoms with Gasteiger partial charge in [0.05, 0.1) is 0 Å². The third-order valence-electron chi connectivity index (χ3n) is 0.776. The average Bonchev–Trinajstić information content (AvgIpc) is 1.98. The molecule has 0 amide bonds. The molecule has 4 heteroatoms. The van der Waals surface area contributed by atoms with Crippen LogP contribution in [0.25, 0.3) is 0 Å². The molecular formula is C7H9N3O. The van der Waals surface area contributed by atoms with E-state index in [9.17, 15) is 0 Å². The van der Waals surface area contributed by atoms with Crippen molar-refractivity contribution < 1.29 is 4.84 Å². The van der Waals surface area contributed by atoms with Crippen LogP contribution in [0.5, 0.6) is 0 Å². The Bertz CT molecular complexity index is 203. The highest BCUT2D eigenvalue weighted by atomic mass is 16.6. The maximum absolute atomic E-state index is 8.21. The molecule has 0 atom stereocenters. The second kappa shape index (κ2) is 5.25. The predicted molar refractivity (Wildman–Crippen MR) is 39.5 cm³/mol. The Morgan fingerprint density at radius 2 is 2.00 bits per heavy atom. The first-order chi connectivity index (χ1) is 5.20. The molecule has 4 nitrogen and oxygen atoms in total. The van der Waals surface area contributed by atoms with Gasteiger partial charge in [-0.3, -0.25) is 0 Å². The summed E-state index contributed by atoms with van der Waals surface area (Å²) < 4.78 is 0. The van der Waals surface area contributed by atoms with Crippen LogP contribution in [0.3, 0.4) is 0 Å². The van der Waals surface area contributed by atoms with Crippen LogP contribution in [0.4, 0.5) is 0 Å². The Morgan fingerprint density at radius 1 is 1.45 bits per heavy atom. The molecule has 58 valence electrons. The minimum absolute atomic E-state index is 0.245. The Morgan fingerprint density at radius 3 is 2.36 bits per heavy atom. The molecule has 0 unspecified atom stereocenters. The minimum atomic E-state index is -0.245. The highest BCUT2D eigenvalue weighted by Crippen LogP contribution is 1.92. The molecule has 0 radical (unpaired) electrons. The van der Waals surface area contributed by atoms with Gasteiger partial charge in [0.15, 0.2) is 0 Å². The van der Waals surface area contributed by atoms with E-state index in [4.69, 9.17) is 10.5 Å². The van der Waals surface area contributed by atoms with Crippen LogP contribution >= 0.6 is 0 Å². The molecule has 0 spiro atoms. The van der Waals surface area contributed by atoms with Crippen LogP contribution in [0.2, 0.25) is 0 Å². The average molecular weight is 151 g/mol. The van der Waals surface area contributed by atoms with Crippen LogP contribution in [-0.4, -0.2) is 12.3 Å². The number of oxime groups is 1. The molecular weight excluding hydrogens is 142 g/mol. The van der Waals surface area contributed by atoms with E-state index in [-0.39, 0.29) is 5.71 Å². The highest BCUT2D eigenvalue weighted by molar-refractivity contribution is 6.09. The normalized spacial score (nSPS) is 8.09. The van der Waals surface area contributed by atoms with Gasteiger partial charge in [0.25, 0.3) is 5.71 Å². The summed E-state index contributed by atoms with van der Waals surface area (Å²) in [5, 5.41) is 19.7. The number of nitriles is 2. The maximum Gasteiger partial charge on any atom is 0.256 e. The van der Waals surface area contributed by atoms with Gasteiger partial charge in [-0.1, -0.05) is 19.0 Å². The summed E-state index contributed by atoms with van der Waals surface area (Å²) in [6.07, 6.45) is 0. The third-order valence-corrected chi connectivity index (χ3v) is 0.776. The lowest BCUT2D eigenvalue weighted by molar-refractivity contribution is 0.119. The quantitative estimate of drug-likeness (QED) is 0.447. The molecule has 0 aliphatic carbocycles. The second-order valence-electron chi connectivity index (χ2n) is 2.35. The van der Waals surface area contributed by atoms with Gasteiger partial charge in [-0.25, -0.2) is 0 Å². The maximum atomic E-state index is 8.21. The molecule has 0 aromatic carbocycles. The van der Waals surface area contributed by atoms with Gasteiger partial charge in [0, 0.05) is 0 Å². The summed E-state index contributed by atoms with van der Waals surface area (Å²) in [6, 6.07) is 3.18.